The fourth-order valence-electron chi connectivity index (χ4n) is 3.11. The SMILES string of the molecule is CCN(CC)C(=O)N1CCN(C(=O)CC2CCCN2)CC1.Cl. The molecule has 2 aliphatic heterocycles. The number of hydrogen-bond donors (Lipinski definition) is 1. The molecule has 6 nitrogen and oxygen atoms in total. The third kappa shape index (κ3) is 4.74. The van der Waals surface area contributed by atoms with Gasteiger partial charge in [0.1, 0.15) is 0 Å². The molecule has 2 fully saturated rings. The lowest BCUT2D eigenvalue weighted by Crippen LogP contribution is -2.54. The van der Waals surface area contributed by atoms with Crippen molar-refractivity contribution >= 4 is 24.3 Å². The summed E-state index contributed by atoms with van der Waals surface area (Å²) in [6.07, 6.45) is 2.88. The highest BCUT2D eigenvalue weighted by Crippen LogP contribution is 2.12. The van der Waals surface area contributed by atoms with Crippen molar-refractivity contribution in [2.45, 2.75) is 39.2 Å². The summed E-state index contributed by atoms with van der Waals surface area (Å²) in [6, 6.07) is 0.456. The Morgan fingerprint density at radius 1 is 1.09 bits per heavy atom. The molecule has 0 aliphatic carbocycles. The fourth-order valence-corrected chi connectivity index (χ4v) is 3.11. The molecule has 0 spiro atoms. The fraction of sp³-hybridized carbons (Fsp3) is 0.867. The summed E-state index contributed by atoms with van der Waals surface area (Å²) < 4.78 is 0. The van der Waals surface area contributed by atoms with Crippen molar-refractivity contribution in [3.63, 3.8) is 0 Å². The second kappa shape index (κ2) is 9.20. The van der Waals surface area contributed by atoms with Crippen molar-refractivity contribution in [3.05, 3.63) is 0 Å². The number of carbonyl (C=O) groups is 2. The Morgan fingerprint density at radius 3 is 2.18 bits per heavy atom. The maximum Gasteiger partial charge on any atom is 0.320 e. The number of nitrogens with one attached hydrogen (secondary N) is 1. The molecule has 2 aliphatic rings. The van der Waals surface area contributed by atoms with Crippen LogP contribution < -0.4 is 5.32 Å². The number of rotatable bonds is 4. The third-order valence-electron chi connectivity index (χ3n) is 4.52. The number of carbonyl (C=O) groups excluding carboxylic acids is 2. The second-order valence-corrected chi connectivity index (χ2v) is 5.82. The van der Waals surface area contributed by atoms with E-state index in [-0.39, 0.29) is 24.3 Å². The van der Waals surface area contributed by atoms with Gasteiger partial charge in [-0.15, -0.1) is 12.4 Å². The molecule has 7 heteroatoms. The van der Waals surface area contributed by atoms with Gasteiger partial charge >= 0.3 is 6.03 Å². The molecule has 0 aromatic heterocycles. The van der Waals surface area contributed by atoms with Crippen LogP contribution in [0.15, 0.2) is 0 Å². The summed E-state index contributed by atoms with van der Waals surface area (Å²) in [4.78, 5) is 30.1. The van der Waals surface area contributed by atoms with E-state index in [2.05, 4.69) is 5.32 Å². The molecular formula is C15H29ClN4O2. The normalized spacial score (nSPS) is 21.5. The molecule has 2 rings (SSSR count). The van der Waals surface area contributed by atoms with Crippen LogP contribution in [-0.2, 0) is 4.79 Å². The zero-order valence-corrected chi connectivity index (χ0v) is 14.5. The summed E-state index contributed by atoms with van der Waals surface area (Å²) >= 11 is 0. The molecule has 1 N–H and O–H groups in total. The number of urea groups is 1. The predicted molar refractivity (Wildman–Crippen MR) is 89.4 cm³/mol. The molecule has 1 atom stereocenters. The number of halogens is 1. The zero-order chi connectivity index (χ0) is 15.2. The van der Waals surface area contributed by atoms with Crippen molar-refractivity contribution in [2.24, 2.45) is 0 Å². The molecular weight excluding hydrogens is 304 g/mol. The first-order valence-corrected chi connectivity index (χ1v) is 8.20. The minimum atomic E-state index is 0. The first-order chi connectivity index (χ1) is 10.2. The van der Waals surface area contributed by atoms with Crippen LogP contribution in [0.2, 0.25) is 0 Å². The van der Waals surface area contributed by atoms with Gasteiger partial charge < -0.3 is 20.0 Å². The van der Waals surface area contributed by atoms with Crippen molar-refractivity contribution in [2.75, 3.05) is 45.8 Å². The monoisotopic (exact) mass is 332 g/mol. The maximum absolute atomic E-state index is 12.3. The highest BCUT2D eigenvalue weighted by Gasteiger charge is 2.27. The molecule has 128 valence electrons. The van der Waals surface area contributed by atoms with Crippen molar-refractivity contribution in [3.8, 4) is 0 Å². The van der Waals surface area contributed by atoms with Gasteiger partial charge in [0.15, 0.2) is 0 Å². The van der Waals surface area contributed by atoms with Crippen LogP contribution in [0.1, 0.15) is 33.1 Å². The standard InChI is InChI=1S/C15H28N4O2.ClH/c1-3-17(4-2)15(21)19-10-8-18(9-11-19)14(20)12-13-6-5-7-16-13;/h13,16H,3-12H2,1-2H3;1H. The third-order valence-corrected chi connectivity index (χ3v) is 4.52. The Bertz CT molecular complexity index is 363. The van der Waals surface area contributed by atoms with Gasteiger partial charge in [0.05, 0.1) is 0 Å². The minimum absolute atomic E-state index is 0. The van der Waals surface area contributed by atoms with Crippen molar-refractivity contribution in [1.29, 1.82) is 0 Å². The quantitative estimate of drug-likeness (QED) is 0.840. The zero-order valence-electron chi connectivity index (χ0n) is 13.7. The first kappa shape index (κ1) is 19.0. The first-order valence-electron chi connectivity index (χ1n) is 8.20. The molecule has 0 aromatic carbocycles. The van der Waals surface area contributed by atoms with Crippen LogP contribution in [0.5, 0.6) is 0 Å². The van der Waals surface area contributed by atoms with E-state index in [1.54, 1.807) is 0 Å². The lowest BCUT2D eigenvalue weighted by Gasteiger charge is -2.37. The van der Waals surface area contributed by atoms with Gasteiger partial charge in [-0.05, 0) is 33.2 Å². The van der Waals surface area contributed by atoms with Gasteiger partial charge in [-0.2, -0.15) is 0 Å². The van der Waals surface area contributed by atoms with E-state index in [0.29, 0.717) is 38.6 Å². The molecule has 2 heterocycles. The molecule has 22 heavy (non-hydrogen) atoms. The molecule has 0 bridgehead atoms. The van der Waals surface area contributed by atoms with Gasteiger partial charge in [0.2, 0.25) is 5.91 Å². The highest BCUT2D eigenvalue weighted by atomic mass is 35.5. The van der Waals surface area contributed by atoms with Gasteiger partial charge in [-0.3, -0.25) is 4.79 Å². The Labute approximate surface area is 139 Å². The van der Waals surface area contributed by atoms with Crippen LogP contribution in [0.4, 0.5) is 4.79 Å². The average Bonchev–Trinajstić information content (AvgIpc) is 3.01. The summed E-state index contributed by atoms with van der Waals surface area (Å²) in [5.41, 5.74) is 0. The lowest BCUT2D eigenvalue weighted by atomic mass is 10.1. The highest BCUT2D eigenvalue weighted by molar-refractivity contribution is 5.85. The van der Waals surface area contributed by atoms with Crippen LogP contribution in [0, 0.1) is 0 Å². The Balaban J connectivity index is 0.00000242. The number of piperazine rings is 1. The van der Waals surface area contributed by atoms with E-state index in [0.717, 1.165) is 26.1 Å². The summed E-state index contributed by atoms with van der Waals surface area (Å²) in [5.74, 6) is 0.226. The van der Waals surface area contributed by atoms with E-state index < -0.39 is 0 Å². The Morgan fingerprint density at radius 2 is 1.68 bits per heavy atom. The van der Waals surface area contributed by atoms with E-state index in [1.165, 1.54) is 6.42 Å². The molecule has 0 radical (unpaired) electrons. The van der Waals surface area contributed by atoms with Crippen molar-refractivity contribution in [1.82, 2.24) is 20.0 Å². The van der Waals surface area contributed by atoms with E-state index in [4.69, 9.17) is 0 Å². The largest absolute Gasteiger partial charge is 0.339 e. The summed E-state index contributed by atoms with van der Waals surface area (Å²) in [5, 5.41) is 3.37. The predicted octanol–water partition coefficient (Wildman–Crippen LogP) is 1.16. The number of nitrogens with zero attached hydrogens (tertiary/aromatic N) is 3. The second-order valence-electron chi connectivity index (χ2n) is 5.82. The van der Waals surface area contributed by atoms with Crippen LogP contribution in [0.3, 0.4) is 0 Å². The minimum Gasteiger partial charge on any atom is -0.339 e. The average molecular weight is 333 g/mol. The smallest absolute Gasteiger partial charge is 0.320 e. The Kier molecular flexibility index (Phi) is 7.96. The van der Waals surface area contributed by atoms with Crippen LogP contribution in [0.25, 0.3) is 0 Å². The Hall–Kier alpha value is -1.01. The molecule has 1 unspecified atom stereocenters. The van der Waals surface area contributed by atoms with E-state index in [1.807, 2.05) is 28.5 Å². The van der Waals surface area contributed by atoms with Crippen LogP contribution in [-0.4, -0.2) is 78.5 Å². The van der Waals surface area contributed by atoms with E-state index >= 15 is 0 Å². The summed E-state index contributed by atoms with van der Waals surface area (Å²) in [6.45, 7) is 9.13. The molecule has 0 saturated carbocycles. The van der Waals surface area contributed by atoms with Crippen molar-refractivity contribution < 1.29 is 9.59 Å². The molecule has 3 amide bonds. The van der Waals surface area contributed by atoms with E-state index in [9.17, 15) is 9.59 Å². The lowest BCUT2D eigenvalue weighted by molar-refractivity contribution is -0.133. The maximum atomic E-state index is 12.3. The van der Waals surface area contributed by atoms with Gasteiger partial charge in [-0.1, -0.05) is 0 Å². The topological polar surface area (TPSA) is 55.9 Å². The van der Waals surface area contributed by atoms with Gasteiger partial charge in [0, 0.05) is 51.7 Å². The summed E-state index contributed by atoms with van der Waals surface area (Å²) in [7, 11) is 0. The van der Waals surface area contributed by atoms with Crippen LogP contribution >= 0.6 is 12.4 Å². The molecule has 2 saturated heterocycles. The number of amides is 3. The number of hydrogen-bond acceptors (Lipinski definition) is 3. The molecule has 0 aromatic rings. The van der Waals surface area contributed by atoms with Gasteiger partial charge in [0.25, 0.3) is 0 Å². The van der Waals surface area contributed by atoms with Gasteiger partial charge in [-0.25, -0.2) is 4.79 Å².